The number of rotatable bonds is 9. The number of nitrogens with one attached hydrogen (secondary N) is 1. The molecule has 0 aromatic heterocycles. The third kappa shape index (κ3) is 5.14. The molecule has 0 aliphatic heterocycles. The van der Waals surface area contributed by atoms with Gasteiger partial charge in [0.1, 0.15) is 12.4 Å². The zero-order valence-electron chi connectivity index (χ0n) is 15.4. The van der Waals surface area contributed by atoms with E-state index in [1.54, 1.807) is 6.92 Å². The first-order valence-electron chi connectivity index (χ1n) is 8.89. The molecule has 1 N–H and O–H groups in total. The quantitative estimate of drug-likeness (QED) is 0.586. The van der Waals surface area contributed by atoms with Crippen molar-refractivity contribution in [1.29, 1.82) is 0 Å². The van der Waals surface area contributed by atoms with Gasteiger partial charge in [-0.2, -0.15) is 0 Å². The summed E-state index contributed by atoms with van der Waals surface area (Å²) in [5, 5.41) is 0. The van der Waals surface area contributed by atoms with Gasteiger partial charge in [0.15, 0.2) is 9.84 Å². The second-order valence-electron chi connectivity index (χ2n) is 6.75. The maximum Gasteiger partial charge on any atom is 0.241 e. The molecule has 152 valence electrons. The summed E-state index contributed by atoms with van der Waals surface area (Å²) in [4.78, 5) is 0.143. The topological polar surface area (TPSA) is 89.5 Å². The Hall–Kier alpha value is -1.42. The molecule has 0 bridgehead atoms. The third-order valence-electron chi connectivity index (χ3n) is 4.71. The highest BCUT2D eigenvalue weighted by Gasteiger charge is 2.47. The Morgan fingerprint density at radius 3 is 2.14 bits per heavy atom. The van der Waals surface area contributed by atoms with Crippen LogP contribution >= 0.6 is 15.9 Å². The summed E-state index contributed by atoms with van der Waals surface area (Å²) in [6.07, 6.45) is 1.50. The highest BCUT2D eigenvalue weighted by atomic mass is 79.9. The van der Waals surface area contributed by atoms with Gasteiger partial charge in [0, 0.05) is 10.2 Å². The van der Waals surface area contributed by atoms with E-state index in [1.807, 2.05) is 24.3 Å². The van der Waals surface area contributed by atoms with Crippen LogP contribution in [0.25, 0.3) is 0 Å². The van der Waals surface area contributed by atoms with Crippen LogP contribution < -0.4 is 9.46 Å². The monoisotopic (exact) mass is 487 g/mol. The first kappa shape index (κ1) is 21.3. The first-order valence-corrected chi connectivity index (χ1v) is 13.0. The minimum Gasteiger partial charge on any atom is -0.493 e. The maximum absolute atomic E-state index is 12.8. The van der Waals surface area contributed by atoms with Crippen LogP contribution in [0.2, 0.25) is 0 Å². The molecule has 1 fully saturated rings. The summed E-state index contributed by atoms with van der Waals surface area (Å²) in [6, 6.07) is 13.6. The van der Waals surface area contributed by atoms with Gasteiger partial charge >= 0.3 is 0 Å². The molecule has 1 aliphatic rings. The minimum atomic E-state index is -3.69. The molecule has 0 amide bonds. The van der Waals surface area contributed by atoms with Gasteiger partial charge in [-0.1, -0.05) is 35.0 Å². The summed E-state index contributed by atoms with van der Waals surface area (Å²) >= 11 is 3.39. The van der Waals surface area contributed by atoms with E-state index in [-0.39, 0.29) is 23.0 Å². The second kappa shape index (κ2) is 8.14. The van der Waals surface area contributed by atoms with E-state index < -0.39 is 25.4 Å². The van der Waals surface area contributed by atoms with Gasteiger partial charge in [0.05, 0.1) is 16.2 Å². The zero-order chi connectivity index (χ0) is 20.4. The molecule has 0 spiro atoms. The van der Waals surface area contributed by atoms with Crippen molar-refractivity contribution in [2.24, 2.45) is 0 Å². The van der Waals surface area contributed by atoms with Crippen molar-refractivity contribution in [2.75, 3.05) is 18.1 Å². The lowest BCUT2D eigenvalue weighted by Crippen LogP contribution is -2.34. The van der Waals surface area contributed by atoms with Gasteiger partial charge in [0.2, 0.25) is 10.0 Å². The van der Waals surface area contributed by atoms with Crippen molar-refractivity contribution in [3.05, 3.63) is 58.6 Å². The second-order valence-corrected chi connectivity index (χ2v) is 11.8. The smallest absolute Gasteiger partial charge is 0.241 e. The number of hydrogen-bond acceptors (Lipinski definition) is 5. The molecule has 0 saturated heterocycles. The predicted octanol–water partition coefficient (Wildman–Crippen LogP) is 3.23. The van der Waals surface area contributed by atoms with Gasteiger partial charge in [-0.25, -0.2) is 21.6 Å². The molecule has 9 heteroatoms. The average molecular weight is 488 g/mol. The fourth-order valence-corrected chi connectivity index (χ4v) is 5.14. The number of hydrogen-bond donors (Lipinski definition) is 1. The van der Waals surface area contributed by atoms with Crippen LogP contribution in [0.5, 0.6) is 5.75 Å². The Kier molecular flexibility index (Phi) is 6.19. The molecule has 2 aromatic rings. The van der Waals surface area contributed by atoms with Gasteiger partial charge < -0.3 is 4.74 Å². The Bertz CT molecular complexity index is 1030. The summed E-state index contributed by atoms with van der Waals surface area (Å²) in [5.41, 5.74) is 0.389. The normalized spacial score (nSPS) is 15.9. The standard InChI is InChI=1S/C19H22BrNO5S2/c1-2-27(22,23)14-13-26-17-7-9-18(10-8-17)28(24,25)21-19(11-12-19)15-3-5-16(20)6-4-15/h3-10,21H,2,11-14H2,1H3. The van der Waals surface area contributed by atoms with E-state index >= 15 is 0 Å². The lowest BCUT2D eigenvalue weighted by molar-refractivity contribution is 0.340. The van der Waals surface area contributed by atoms with Crippen LogP contribution in [0.3, 0.4) is 0 Å². The molecule has 1 saturated carbocycles. The van der Waals surface area contributed by atoms with E-state index in [0.29, 0.717) is 5.75 Å². The van der Waals surface area contributed by atoms with E-state index in [0.717, 1.165) is 22.9 Å². The van der Waals surface area contributed by atoms with Gasteiger partial charge in [0.25, 0.3) is 0 Å². The van der Waals surface area contributed by atoms with Gasteiger partial charge in [-0.15, -0.1) is 0 Å². The molecular formula is C19H22BrNO5S2. The highest BCUT2D eigenvalue weighted by Crippen LogP contribution is 2.46. The van der Waals surface area contributed by atoms with Crippen molar-refractivity contribution in [2.45, 2.75) is 30.2 Å². The molecule has 3 rings (SSSR count). The van der Waals surface area contributed by atoms with E-state index in [2.05, 4.69) is 20.7 Å². The van der Waals surface area contributed by atoms with Crippen LogP contribution in [-0.2, 0) is 25.4 Å². The van der Waals surface area contributed by atoms with Crippen molar-refractivity contribution in [3.63, 3.8) is 0 Å². The molecule has 0 radical (unpaired) electrons. The van der Waals surface area contributed by atoms with E-state index in [9.17, 15) is 16.8 Å². The Morgan fingerprint density at radius 1 is 1.00 bits per heavy atom. The van der Waals surface area contributed by atoms with Crippen LogP contribution in [0, 0.1) is 0 Å². The molecule has 0 heterocycles. The molecule has 0 atom stereocenters. The summed E-state index contributed by atoms with van der Waals surface area (Å²) in [6.45, 7) is 1.62. The number of sulfone groups is 1. The third-order valence-corrected chi connectivity index (χ3v) is 8.46. The van der Waals surface area contributed by atoms with Crippen molar-refractivity contribution >= 4 is 35.8 Å². The van der Waals surface area contributed by atoms with E-state index in [1.165, 1.54) is 24.3 Å². The zero-order valence-corrected chi connectivity index (χ0v) is 18.6. The lowest BCUT2D eigenvalue weighted by Gasteiger charge is -2.18. The number of benzene rings is 2. The summed E-state index contributed by atoms with van der Waals surface area (Å²) < 4.78 is 57.7. The Morgan fingerprint density at radius 2 is 1.61 bits per heavy atom. The number of sulfonamides is 1. The van der Waals surface area contributed by atoms with Crippen LogP contribution in [0.4, 0.5) is 0 Å². The van der Waals surface area contributed by atoms with E-state index in [4.69, 9.17) is 4.74 Å². The minimum absolute atomic E-state index is 0.0349. The maximum atomic E-state index is 12.8. The molecular weight excluding hydrogens is 466 g/mol. The van der Waals surface area contributed by atoms with Gasteiger partial charge in [-0.05, 0) is 54.8 Å². The van der Waals surface area contributed by atoms with Crippen molar-refractivity contribution in [1.82, 2.24) is 4.72 Å². The molecule has 6 nitrogen and oxygen atoms in total. The SMILES string of the molecule is CCS(=O)(=O)CCOc1ccc(S(=O)(=O)NC2(c3ccc(Br)cc3)CC2)cc1. The first-order chi connectivity index (χ1) is 13.2. The fraction of sp³-hybridized carbons (Fsp3) is 0.368. The predicted molar refractivity (Wildman–Crippen MR) is 112 cm³/mol. The van der Waals surface area contributed by atoms with Crippen LogP contribution in [-0.4, -0.2) is 34.9 Å². The lowest BCUT2D eigenvalue weighted by atomic mass is 10.1. The largest absolute Gasteiger partial charge is 0.493 e. The summed E-state index contributed by atoms with van der Waals surface area (Å²) in [7, 11) is -6.79. The number of ether oxygens (including phenoxy) is 1. The van der Waals surface area contributed by atoms with Crippen molar-refractivity contribution in [3.8, 4) is 5.75 Å². The molecule has 2 aromatic carbocycles. The average Bonchev–Trinajstić information content (AvgIpc) is 3.42. The molecule has 28 heavy (non-hydrogen) atoms. The van der Waals surface area contributed by atoms with Gasteiger partial charge in [-0.3, -0.25) is 0 Å². The van der Waals surface area contributed by atoms with Crippen molar-refractivity contribution < 1.29 is 21.6 Å². The Labute approximate surface area is 174 Å². The molecule has 1 aliphatic carbocycles. The molecule has 0 unspecified atom stereocenters. The Balaban J connectivity index is 1.66. The number of halogens is 1. The van der Waals surface area contributed by atoms with Crippen LogP contribution in [0.15, 0.2) is 57.9 Å². The van der Waals surface area contributed by atoms with Crippen LogP contribution in [0.1, 0.15) is 25.3 Å². The highest BCUT2D eigenvalue weighted by molar-refractivity contribution is 9.10. The summed E-state index contributed by atoms with van der Waals surface area (Å²) in [5.74, 6) is 0.430. The fourth-order valence-electron chi connectivity index (χ4n) is 2.81.